The molecule has 2 rings (SSSR count). The zero-order valence-corrected chi connectivity index (χ0v) is 13.5. The highest BCUT2D eigenvalue weighted by Gasteiger charge is 2.18. The van der Waals surface area contributed by atoms with E-state index in [1.807, 2.05) is 0 Å². The lowest BCUT2D eigenvalue weighted by atomic mass is 10.3. The minimum Gasteiger partial charge on any atom is -0.319 e. The van der Waals surface area contributed by atoms with Gasteiger partial charge in [0.05, 0.1) is 15.7 Å². The predicted octanol–water partition coefficient (Wildman–Crippen LogP) is 3.97. The highest BCUT2D eigenvalue weighted by Crippen LogP contribution is 2.34. The number of halogens is 3. The average Bonchev–Trinajstić information content (AvgIpc) is 2.61. The summed E-state index contributed by atoms with van der Waals surface area (Å²) in [5.74, 6) is -0.434. The topological polar surface area (TPSA) is 51.1 Å². The summed E-state index contributed by atoms with van der Waals surface area (Å²) in [4.78, 5) is 23.8. The number of hydrogen-bond donors (Lipinski definition) is 1. The Bertz CT molecular complexity index is 729. The average molecular weight is 352 g/mol. The molecule has 1 aromatic heterocycles. The Labute approximate surface area is 133 Å². The first kappa shape index (κ1) is 15.4. The molecule has 0 aliphatic heterocycles. The van der Waals surface area contributed by atoms with Crippen LogP contribution in [0.1, 0.15) is 15.4 Å². The predicted molar refractivity (Wildman–Crippen MR) is 83.7 cm³/mol. The fourth-order valence-electron chi connectivity index (χ4n) is 1.56. The van der Waals surface area contributed by atoms with Crippen LogP contribution in [0.2, 0.25) is 15.1 Å². The molecule has 0 fully saturated rings. The molecule has 0 saturated carbocycles. The molecule has 1 aromatic carbocycles. The van der Waals surface area contributed by atoms with E-state index in [1.165, 1.54) is 16.7 Å². The van der Waals surface area contributed by atoms with Gasteiger partial charge in [-0.1, -0.05) is 46.1 Å². The molecule has 0 unspecified atom stereocenters. The van der Waals surface area contributed by atoms with Gasteiger partial charge in [-0.15, -0.1) is 0 Å². The van der Waals surface area contributed by atoms with Gasteiger partial charge in [-0.05, 0) is 19.1 Å². The van der Waals surface area contributed by atoms with E-state index < -0.39 is 5.91 Å². The smallest absolute Gasteiger partial charge is 0.307 e. The number of nitrogens with zero attached hydrogens (tertiary/aromatic N) is 1. The van der Waals surface area contributed by atoms with E-state index >= 15 is 0 Å². The standard InChI is InChI=1S/C12H9Cl3N2O2S/c1-5-10(20-12(19)17(5)2)11(18)16-9-7(14)3-6(13)4-8(9)15/h3-4H,1-2H3,(H,16,18). The SMILES string of the molecule is Cc1c(C(=O)Nc2c(Cl)cc(Cl)cc2Cl)sc(=O)n1C. The van der Waals surface area contributed by atoms with Gasteiger partial charge in [0.25, 0.3) is 5.91 Å². The van der Waals surface area contributed by atoms with E-state index in [4.69, 9.17) is 34.8 Å². The number of carbonyl (C=O) groups excluding carboxylic acids is 1. The molecule has 1 heterocycles. The molecule has 0 aliphatic rings. The van der Waals surface area contributed by atoms with Crippen LogP contribution in [0.4, 0.5) is 5.69 Å². The van der Waals surface area contributed by atoms with Gasteiger partial charge in [0.15, 0.2) is 0 Å². The summed E-state index contributed by atoms with van der Waals surface area (Å²) in [6.07, 6.45) is 0. The molecule has 0 bridgehead atoms. The summed E-state index contributed by atoms with van der Waals surface area (Å²) >= 11 is 18.7. The van der Waals surface area contributed by atoms with E-state index in [0.717, 1.165) is 11.3 Å². The minimum absolute atomic E-state index is 0.207. The second-order valence-electron chi connectivity index (χ2n) is 4.04. The van der Waals surface area contributed by atoms with Crippen LogP contribution in [-0.4, -0.2) is 10.5 Å². The zero-order valence-electron chi connectivity index (χ0n) is 10.5. The van der Waals surface area contributed by atoms with Crippen molar-refractivity contribution in [3.05, 3.63) is 47.4 Å². The molecular formula is C12H9Cl3N2O2S. The maximum Gasteiger partial charge on any atom is 0.307 e. The van der Waals surface area contributed by atoms with Gasteiger partial charge in [0.1, 0.15) is 4.88 Å². The Hall–Kier alpha value is -1.01. The molecule has 1 N–H and O–H groups in total. The first-order valence-electron chi connectivity index (χ1n) is 5.43. The number of benzene rings is 1. The van der Waals surface area contributed by atoms with E-state index in [2.05, 4.69) is 5.32 Å². The molecule has 2 aromatic rings. The lowest BCUT2D eigenvalue weighted by Crippen LogP contribution is -2.13. The summed E-state index contributed by atoms with van der Waals surface area (Å²) < 4.78 is 1.41. The third kappa shape index (κ3) is 2.86. The highest BCUT2D eigenvalue weighted by molar-refractivity contribution is 7.11. The van der Waals surface area contributed by atoms with Crippen molar-refractivity contribution in [1.29, 1.82) is 0 Å². The van der Waals surface area contributed by atoms with Crippen LogP contribution in [0.3, 0.4) is 0 Å². The summed E-state index contributed by atoms with van der Waals surface area (Å²) in [6, 6.07) is 2.95. The number of nitrogens with one attached hydrogen (secondary N) is 1. The number of anilines is 1. The van der Waals surface area contributed by atoms with E-state index in [9.17, 15) is 9.59 Å². The van der Waals surface area contributed by atoms with Gasteiger partial charge in [0.2, 0.25) is 0 Å². The first-order valence-corrected chi connectivity index (χ1v) is 7.38. The van der Waals surface area contributed by atoms with Crippen molar-refractivity contribution < 1.29 is 4.79 Å². The summed E-state index contributed by atoms with van der Waals surface area (Å²) in [6.45, 7) is 1.69. The van der Waals surface area contributed by atoms with Crippen molar-refractivity contribution in [3.8, 4) is 0 Å². The van der Waals surface area contributed by atoms with Crippen LogP contribution >= 0.6 is 46.1 Å². The number of aromatic nitrogens is 1. The normalized spacial score (nSPS) is 10.7. The molecule has 20 heavy (non-hydrogen) atoms. The quantitative estimate of drug-likeness (QED) is 0.890. The number of amides is 1. The van der Waals surface area contributed by atoms with Crippen molar-refractivity contribution in [3.63, 3.8) is 0 Å². The Morgan fingerprint density at radius 2 is 1.80 bits per heavy atom. The van der Waals surface area contributed by atoms with Gasteiger partial charge in [0, 0.05) is 17.8 Å². The summed E-state index contributed by atoms with van der Waals surface area (Å²) in [7, 11) is 1.60. The first-order chi connectivity index (χ1) is 9.31. The van der Waals surface area contributed by atoms with Crippen molar-refractivity contribution in [2.75, 3.05) is 5.32 Å². The van der Waals surface area contributed by atoms with Crippen LogP contribution in [0, 0.1) is 6.92 Å². The number of hydrogen-bond acceptors (Lipinski definition) is 3. The Morgan fingerprint density at radius 1 is 1.25 bits per heavy atom. The molecule has 0 spiro atoms. The zero-order chi connectivity index (χ0) is 15.0. The van der Waals surface area contributed by atoms with Gasteiger partial charge < -0.3 is 9.88 Å². The van der Waals surface area contributed by atoms with E-state index in [-0.39, 0.29) is 20.6 Å². The fourth-order valence-corrected chi connectivity index (χ4v) is 3.35. The minimum atomic E-state index is -0.434. The monoisotopic (exact) mass is 350 g/mol. The van der Waals surface area contributed by atoms with Gasteiger partial charge >= 0.3 is 4.87 Å². The second kappa shape index (κ2) is 5.77. The Kier molecular flexibility index (Phi) is 4.44. The molecule has 8 heteroatoms. The molecule has 0 atom stereocenters. The highest BCUT2D eigenvalue weighted by atomic mass is 35.5. The summed E-state index contributed by atoms with van der Waals surface area (Å²) in [5, 5.41) is 3.44. The largest absolute Gasteiger partial charge is 0.319 e. The van der Waals surface area contributed by atoms with Gasteiger partial charge in [-0.2, -0.15) is 0 Å². The van der Waals surface area contributed by atoms with Crippen molar-refractivity contribution >= 4 is 57.7 Å². The lowest BCUT2D eigenvalue weighted by Gasteiger charge is -2.09. The molecule has 0 aliphatic carbocycles. The Balaban J connectivity index is 2.38. The lowest BCUT2D eigenvalue weighted by molar-refractivity contribution is 0.102. The molecule has 4 nitrogen and oxygen atoms in total. The molecule has 0 radical (unpaired) electrons. The van der Waals surface area contributed by atoms with Crippen LogP contribution < -0.4 is 10.2 Å². The number of thiazole rings is 1. The van der Waals surface area contributed by atoms with Crippen molar-refractivity contribution in [2.45, 2.75) is 6.92 Å². The molecular weight excluding hydrogens is 343 g/mol. The Morgan fingerprint density at radius 3 is 2.25 bits per heavy atom. The van der Waals surface area contributed by atoms with E-state index in [0.29, 0.717) is 15.6 Å². The maximum atomic E-state index is 12.2. The van der Waals surface area contributed by atoms with Crippen molar-refractivity contribution in [2.24, 2.45) is 7.05 Å². The molecule has 106 valence electrons. The van der Waals surface area contributed by atoms with Crippen molar-refractivity contribution in [1.82, 2.24) is 4.57 Å². The summed E-state index contributed by atoms with van der Waals surface area (Å²) in [5.41, 5.74) is 0.851. The molecule has 0 saturated heterocycles. The van der Waals surface area contributed by atoms with Gasteiger partial charge in [-0.3, -0.25) is 9.59 Å². The third-order valence-corrected chi connectivity index (χ3v) is 4.69. The van der Waals surface area contributed by atoms with Crippen LogP contribution in [0.15, 0.2) is 16.9 Å². The van der Waals surface area contributed by atoms with Crippen LogP contribution in [0.5, 0.6) is 0 Å². The van der Waals surface area contributed by atoms with Crippen LogP contribution in [0.25, 0.3) is 0 Å². The number of carbonyl (C=O) groups is 1. The van der Waals surface area contributed by atoms with Crippen LogP contribution in [-0.2, 0) is 7.05 Å². The number of rotatable bonds is 2. The molecule has 1 amide bonds. The van der Waals surface area contributed by atoms with Gasteiger partial charge in [-0.25, -0.2) is 0 Å². The fraction of sp³-hybridized carbons (Fsp3) is 0.167. The third-order valence-electron chi connectivity index (χ3n) is 2.75. The maximum absolute atomic E-state index is 12.2. The second-order valence-corrected chi connectivity index (χ2v) is 6.25. The van der Waals surface area contributed by atoms with E-state index in [1.54, 1.807) is 14.0 Å².